The Labute approximate surface area is 185 Å². The molecule has 7 rings (SSSR count). The largest absolute Gasteiger partial charge is 0.504 e. The molecule has 2 aromatic carbocycles. The summed E-state index contributed by atoms with van der Waals surface area (Å²) in [4.78, 5) is 2.51. The van der Waals surface area contributed by atoms with Crippen molar-refractivity contribution in [1.29, 1.82) is 0 Å². The van der Waals surface area contributed by atoms with Crippen molar-refractivity contribution in [3.8, 4) is 22.8 Å². The number of likely N-dealkylation sites (tertiary alicyclic amines) is 1. The third-order valence-electron chi connectivity index (χ3n) is 8.13. The molecule has 0 amide bonds. The Bertz CT molecular complexity index is 1240. The number of fused-ring (bicyclic) bond motifs is 2. The Morgan fingerprint density at radius 1 is 1.10 bits per heavy atom. The van der Waals surface area contributed by atoms with Crippen molar-refractivity contribution in [2.75, 3.05) is 13.6 Å². The van der Waals surface area contributed by atoms with Gasteiger partial charge in [-0.05, 0) is 74.2 Å². The van der Waals surface area contributed by atoms with E-state index in [1.165, 1.54) is 16.7 Å². The molecule has 6 heteroatoms. The van der Waals surface area contributed by atoms with Gasteiger partial charge in [-0.2, -0.15) is 10.2 Å². The molecule has 2 bridgehead atoms. The Kier molecular flexibility index (Phi) is 3.48. The van der Waals surface area contributed by atoms with Crippen molar-refractivity contribution in [2.24, 2.45) is 5.92 Å². The lowest BCUT2D eigenvalue weighted by Gasteiger charge is -2.57. The van der Waals surface area contributed by atoms with Crippen molar-refractivity contribution in [1.82, 2.24) is 15.1 Å². The lowest BCUT2D eigenvalue weighted by atomic mass is 9.51. The second-order valence-corrected chi connectivity index (χ2v) is 9.88. The molecule has 4 atom stereocenters. The van der Waals surface area contributed by atoms with E-state index in [2.05, 4.69) is 29.2 Å². The van der Waals surface area contributed by atoms with Crippen LogP contribution in [0, 0.1) is 5.92 Å². The number of hydrogen-bond donors (Lipinski definition) is 1. The average molecular weight is 432 g/mol. The molecule has 1 fully saturated rings. The lowest BCUT2D eigenvalue weighted by molar-refractivity contribution is -0.0264. The number of phenolic OH excluding ortho intramolecular Hbond substituents is 1. The Hall–Kier alpha value is -2.63. The third-order valence-corrected chi connectivity index (χ3v) is 8.38. The molecule has 2 aliphatic heterocycles. The lowest BCUT2D eigenvalue weighted by Crippen LogP contribution is -2.62. The summed E-state index contributed by atoms with van der Waals surface area (Å²) in [5.41, 5.74) is 6.44. The maximum absolute atomic E-state index is 10.6. The van der Waals surface area contributed by atoms with E-state index >= 15 is 0 Å². The fourth-order valence-electron chi connectivity index (χ4n) is 6.73. The summed E-state index contributed by atoms with van der Waals surface area (Å²) < 4.78 is 6.54. The van der Waals surface area contributed by atoms with Crippen LogP contribution in [0.2, 0.25) is 5.02 Å². The van der Waals surface area contributed by atoms with E-state index in [0.717, 1.165) is 42.8 Å². The fraction of sp³-hybridized carbons (Fsp3) is 0.360. The zero-order chi connectivity index (χ0) is 20.9. The van der Waals surface area contributed by atoms with Crippen LogP contribution in [0.25, 0.3) is 11.3 Å². The van der Waals surface area contributed by atoms with Gasteiger partial charge in [-0.15, -0.1) is 0 Å². The van der Waals surface area contributed by atoms with Crippen molar-refractivity contribution in [3.63, 3.8) is 0 Å². The van der Waals surface area contributed by atoms with Gasteiger partial charge in [0.25, 0.3) is 0 Å². The predicted molar refractivity (Wildman–Crippen MR) is 118 cm³/mol. The zero-order valence-electron chi connectivity index (χ0n) is 17.2. The van der Waals surface area contributed by atoms with Gasteiger partial charge in [-0.1, -0.05) is 29.8 Å². The topological polar surface area (TPSA) is 58.5 Å². The zero-order valence-corrected chi connectivity index (χ0v) is 17.9. The molecular weight excluding hydrogens is 410 g/mol. The second-order valence-electron chi connectivity index (χ2n) is 9.45. The summed E-state index contributed by atoms with van der Waals surface area (Å²) in [5, 5.41) is 20.6. The van der Waals surface area contributed by atoms with Crippen molar-refractivity contribution >= 4 is 11.6 Å². The SMILES string of the molecule is CN1CC[C@]23c4c5ccc(O)c4O[C@H]2c2nnc(-c4ccc(Cl)cc4)cc2C[C@H]3[C@@H]1C5. The van der Waals surface area contributed by atoms with Gasteiger partial charge in [0.15, 0.2) is 17.6 Å². The van der Waals surface area contributed by atoms with Crippen LogP contribution in [0.4, 0.5) is 0 Å². The number of benzene rings is 2. The standard InChI is InChI=1S/C25H22ClN3O2/c1-29-9-8-25-17-10-15-11-18(13-2-5-16(26)6-3-13)27-28-22(15)24(25)31-23-20(30)7-4-14(21(23)25)12-19(17)29/h2-7,11,17,19,24,30H,8-10,12H2,1H3/t17-,19-,24-,25-/m0/s1. The van der Waals surface area contributed by atoms with Crippen LogP contribution in [0.1, 0.15) is 34.9 Å². The number of phenols is 1. The molecule has 31 heavy (non-hydrogen) atoms. The van der Waals surface area contributed by atoms with Crippen LogP contribution in [-0.2, 0) is 18.3 Å². The van der Waals surface area contributed by atoms with E-state index in [1.807, 2.05) is 24.3 Å². The highest BCUT2D eigenvalue weighted by Gasteiger charge is 2.65. The molecular formula is C25H22ClN3O2. The minimum absolute atomic E-state index is 0.123. The number of halogens is 1. The molecule has 3 aromatic rings. The van der Waals surface area contributed by atoms with E-state index in [9.17, 15) is 5.11 Å². The van der Waals surface area contributed by atoms with Crippen LogP contribution in [-0.4, -0.2) is 39.8 Å². The minimum atomic E-state index is -0.188. The second kappa shape index (κ2) is 5.99. The highest BCUT2D eigenvalue weighted by atomic mass is 35.5. The minimum Gasteiger partial charge on any atom is -0.504 e. The van der Waals surface area contributed by atoms with Gasteiger partial charge < -0.3 is 14.7 Å². The van der Waals surface area contributed by atoms with E-state index < -0.39 is 0 Å². The summed E-state index contributed by atoms with van der Waals surface area (Å²) in [6, 6.07) is 14.3. The Morgan fingerprint density at radius 3 is 2.77 bits per heavy atom. The quantitative estimate of drug-likeness (QED) is 0.622. The molecule has 3 heterocycles. The maximum Gasteiger partial charge on any atom is 0.166 e. The Morgan fingerprint density at radius 2 is 1.94 bits per heavy atom. The van der Waals surface area contributed by atoms with Crippen molar-refractivity contribution < 1.29 is 9.84 Å². The fourth-order valence-corrected chi connectivity index (χ4v) is 6.86. The molecule has 1 spiro atoms. The van der Waals surface area contributed by atoms with Crippen LogP contribution >= 0.6 is 11.6 Å². The highest BCUT2D eigenvalue weighted by molar-refractivity contribution is 6.30. The number of rotatable bonds is 1. The molecule has 2 aliphatic carbocycles. The molecule has 5 nitrogen and oxygen atoms in total. The normalized spacial score (nSPS) is 29.8. The first-order valence-corrected chi connectivity index (χ1v) is 11.3. The third kappa shape index (κ3) is 2.21. The van der Waals surface area contributed by atoms with Gasteiger partial charge in [0.2, 0.25) is 0 Å². The van der Waals surface area contributed by atoms with Crippen LogP contribution < -0.4 is 4.74 Å². The van der Waals surface area contributed by atoms with E-state index in [1.54, 1.807) is 6.07 Å². The number of ether oxygens (including phenoxy) is 1. The van der Waals surface area contributed by atoms with Crippen molar-refractivity contribution in [3.05, 3.63) is 69.9 Å². The van der Waals surface area contributed by atoms with Crippen LogP contribution in [0.3, 0.4) is 0 Å². The maximum atomic E-state index is 10.6. The summed E-state index contributed by atoms with van der Waals surface area (Å²) in [5.74, 6) is 1.35. The molecule has 1 aromatic heterocycles. The number of aromatic hydroxyl groups is 1. The predicted octanol–water partition coefficient (Wildman–Crippen LogP) is 4.31. The molecule has 0 saturated carbocycles. The monoisotopic (exact) mass is 431 g/mol. The summed E-state index contributed by atoms with van der Waals surface area (Å²) in [6.07, 6.45) is 2.78. The molecule has 0 unspecified atom stereocenters. The molecule has 156 valence electrons. The van der Waals surface area contributed by atoms with Gasteiger partial charge >= 0.3 is 0 Å². The smallest absolute Gasteiger partial charge is 0.166 e. The van der Waals surface area contributed by atoms with Gasteiger partial charge in [0.1, 0.15) is 5.69 Å². The number of hydrogen-bond acceptors (Lipinski definition) is 5. The number of likely N-dealkylation sites (N-methyl/N-ethyl adjacent to an activating group) is 1. The molecule has 4 aliphatic rings. The van der Waals surface area contributed by atoms with Crippen LogP contribution in [0.15, 0.2) is 42.5 Å². The first kappa shape index (κ1) is 18.0. The van der Waals surface area contributed by atoms with Gasteiger partial charge in [-0.3, -0.25) is 0 Å². The van der Waals surface area contributed by atoms with Gasteiger partial charge in [-0.25, -0.2) is 0 Å². The first-order valence-electron chi connectivity index (χ1n) is 10.9. The first-order chi connectivity index (χ1) is 15.1. The van der Waals surface area contributed by atoms with Gasteiger partial charge in [0, 0.05) is 27.6 Å². The number of nitrogens with zero attached hydrogens (tertiary/aromatic N) is 3. The van der Waals surface area contributed by atoms with Crippen molar-refractivity contribution in [2.45, 2.75) is 36.8 Å². The summed E-state index contributed by atoms with van der Waals surface area (Å²) in [6.45, 7) is 1.03. The van der Waals surface area contributed by atoms with Crippen LogP contribution in [0.5, 0.6) is 11.5 Å². The summed E-state index contributed by atoms with van der Waals surface area (Å²) in [7, 11) is 2.24. The highest BCUT2D eigenvalue weighted by Crippen LogP contribution is 2.66. The molecule has 1 saturated heterocycles. The van der Waals surface area contributed by atoms with E-state index in [0.29, 0.717) is 22.7 Å². The summed E-state index contributed by atoms with van der Waals surface area (Å²) >= 11 is 6.07. The van der Waals surface area contributed by atoms with Gasteiger partial charge in [0.05, 0.1) is 5.69 Å². The number of piperidine rings is 1. The Balaban J connectivity index is 1.43. The number of aromatic nitrogens is 2. The molecule has 1 N–H and O–H groups in total. The average Bonchev–Trinajstić information content (AvgIpc) is 3.13. The van der Waals surface area contributed by atoms with E-state index in [4.69, 9.17) is 21.4 Å². The molecule has 0 radical (unpaired) electrons. The van der Waals surface area contributed by atoms with E-state index in [-0.39, 0.29) is 17.3 Å².